The lowest BCUT2D eigenvalue weighted by molar-refractivity contribution is 0.227. The van der Waals surface area contributed by atoms with Gasteiger partial charge in [0.25, 0.3) is 0 Å². The fourth-order valence-corrected chi connectivity index (χ4v) is 2.95. The Kier molecular flexibility index (Phi) is 5.59. The molecule has 1 aromatic rings. The molecule has 0 unspecified atom stereocenters. The van der Waals surface area contributed by atoms with Gasteiger partial charge in [0.1, 0.15) is 5.75 Å². The highest BCUT2D eigenvalue weighted by molar-refractivity contribution is 7.91. The van der Waals surface area contributed by atoms with E-state index in [1.807, 2.05) is 0 Å². The van der Waals surface area contributed by atoms with Gasteiger partial charge < -0.3 is 20.5 Å². The first-order chi connectivity index (χ1) is 8.90. The standard InChI is InChI=1S/C12H20N2O4S/c1-14(5-7-15)6-8-19(16,17)10-3-4-12(18-2)11(13)9-10/h3-4,9,15H,5-8,13H2,1-2H3. The van der Waals surface area contributed by atoms with E-state index in [9.17, 15) is 8.42 Å². The molecule has 0 aliphatic rings. The molecule has 1 aromatic carbocycles. The summed E-state index contributed by atoms with van der Waals surface area (Å²) in [4.78, 5) is 1.94. The Hall–Kier alpha value is -1.31. The molecule has 0 saturated carbocycles. The molecule has 7 heteroatoms. The number of rotatable bonds is 7. The average molecular weight is 288 g/mol. The second-order valence-electron chi connectivity index (χ2n) is 4.25. The third-order valence-electron chi connectivity index (χ3n) is 2.78. The molecule has 0 aromatic heterocycles. The molecular formula is C12H20N2O4S. The van der Waals surface area contributed by atoms with Gasteiger partial charge in [0.05, 0.1) is 30.1 Å². The van der Waals surface area contributed by atoms with Crippen LogP contribution in [0.15, 0.2) is 23.1 Å². The molecule has 0 radical (unpaired) electrons. The van der Waals surface area contributed by atoms with Crippen LogP contribution < -0.4 is 10.5 Å². The van der Waals surface area contributed by atoms with Crippen molar-refractivity contribution in [2.45, 2.75) is 4.90 Å². The van der Waals surface area contributed by atoms with Crippen molar-refractivity contribution < 1.29 is 18.3 Å². The van der Waals surface area contributed by atoms with Crippen LogP contribution in [-0.2, 0) is 9.84 Å². The normalized spacial score (nSPS) is 11.8. The number of hydrogen-bond acceptors (Lipinski definition) is 6. The van der Waals surface area contributed by atoms with Crippen molar-refractivity contribution in [2.75, 3.05) is 45.3 Å². The number of aliphatic hydroxyl groups is 1. The Morgan fingerprint density at radius 3 is 2.58 bits per heavy atom. The van der Waals surface area contributed by atoms with Crippen molar-refractivity contribution in [3.05, 3.63) is 18.2 Å². The van der Waals surface area contributed by atoms with E-state index in [4.69, 9.17) is 15.6 Å². The maximum absolute atomic E-state index is 12.1. The van der Waals surface area contributed by atoms with Crippen LogP contribution in [0.1, 0.15) is 0 Å². The van der Waals surface area contributed by atoms with Gasteiger partial charge in [-0.3, -0.25) is 0 Å². The lowest BCUT2D eigenvalue weighted by Gasteiger charge is -2.15. The van der Waals surface area contributed by atoms with Gasteiger partial charge in [-0.15, -0.1) is 0 Å². The van der Waals surface area contributed by atoms with Crippen LogP contribution in [0.2, 0.25) is 0 Å². The molecular weight excluding hydrogens is 268 g/mol. The predicted octanol–water partition coefficient (Wildman–Crippen LogP) is -0.0248. The Balaban J connectivity index is 2.80. The minimum Gasteiger partial charge on any atom is -0.495 e. The summed E-state index contributed by atoms with van der Waals surface area (Å²) in [6.07, 6.45) is 0. The number of benzene rings is 1. The zero-order chi connectivity index (χ0) is 14.5. The van der Waals surface area contributed by atoms with Gasteiger partial charge in [0.2, 0.25) is 0 Å². The van der Waals surface area contributed by atoms with Crippen molar-refractivity contribution in [1.29, 1.82) is 0 Å². The first kappa shape index (κ1) is 15.7. The monoisotopic (exact) mass is 288 g/mol. The van der Waals surface area contributed by atoms with Crippen LogP contribution in [0.3, 0.4) is 0 Å². The van der Waals surface area contributed by atoms with Crippen molar-refractivity contribution in [3.63, 3.8) is 0 Å². The molecule has 0 heterocycles. The third-order valence-corrected chi connectivity index (χ3v) is 4.48. The van der Waals surface area contributed by atoms with Crippen LogP contribution in [0, 0.1) is 0 Å². The van der Waals surface area contributed by atoms with Gasteiger partial charge in [-0.25, -0.2) is 8.42 Å². The first-order valence-corrected chi connectivity index (χ1v) is 7.51. The van der Waals surface area contributed by atoms with E-state index in [0.717, 1.165) is 0 Å². The van der Waals surface area contributed by atoms with Crippen molar-refractivity contribution in [1.82, 2.24) is 4.90 Å². The quantitative estimate of drug-likeness (QED) is 0.685. The van der Waals surface area contributed by atoms with Crippen LogP contribution in [0.5, 0.6) is 5.75 Å². The number of hydrogen-bond donors (Lipinski definition) is 2. The van der Waals surface area contributed by atoms with E-state index in [1.165, 1.54) is 19.2 Å². The SMILES string of the molecule is COc1ccc(S(=O)(=O)CCN(C)CCO)cc1N. The van der Waals surface area contributed by atoms with Gasteiger partial charge >= 0.3 is 0 Å². The van der Waals surface area contributed by atoms with Crippen molar-refractivity contribution in [2.24, 2.45) is 0 Å². The van der Waals surface area contributed by atoms with Crippen molar-refractivity contribution in [3.8, 4) is 5.75 Å². The summed E-state index contributed by atoms with van der Waals surface area (Å²) in [5, 5.41) is 8.76. The molecule has 0 atom stereocenters. The van der Waals surface area contributed by atoms with Crippen LogP contribution in [0.25, 0.3) is 0 Å². The summed E-state index contributed by atoms with van der Waals surface area (Å²) in [6.45, 7) is 0.807. The van der Waals surface area contributed by atoms with Crippen LogP contribution >= 0.6 is 0 Å². The summed E-state index contributed by atoms with van der Waals surface area (Å²) in [5.74, 6) is 0.436. The minimum absolute atomic E-state index is 0.00598. The molecule has 0 aliphatic heterocycles. The van der Waals surface area contributed by atoms with E-state index in [0.29, 0.717) is 24.5 Å². The highest BCUT2D eigenvalue weighted by atomic mass is 32.2. The van der Waals surface area contributed by atoms with E-state index >= 15 is 0 Å². The molecule has 108 valence electrons. The number of nitrogen functional groups attached to an aromatic ring is 1. The summed E-state index contributed by atoms with van der Waals surface area (Å²) in [6, 6.07) is 4.43. The van der Waals surface area contributed by atoms with Gasteiger partial charge in [0.15, 0.2) is 9.84 Å². The fourth-order valence-electron chi connectivity index (χ4n) is 1.58. The van der Waals surface area contributed by atoms with Gasteiger partial charge in [-0.2, -0.15) is 0 Å². The Labute approximate surface area is 113 Å². The van der Waals surface area contributed by atoms with E-state index in [2.05, 4.69) is 0 Å². The smallest absolute Gasteiger partial charge is 0.179 e. The highest BCUT2D eigenvalue weighted by Gasteiger charge is 2.16. The number of sulfone groups is 1. The Morgan fingerprint density at radius 1 is 1.37 bits per heavy atom. The number of likely N-dealkylation sites (N-methyl/N-ethyl adjacent to an activating group) is 1. The van der Waals surface area contributed by atoms with E-state index < -0.39 is 9.84 Å². The summed E-state index contributed by atoms with van der Waals surface area (Å²) in [7, 11) is -0.146. The second-order valence-corrected chi connectivity index (χ2v) is 6.36. The average Bonchev–Trinajstić information content (AvgIpc) is 2.37. The number of aliphatic hydroxyl groups excluding tert-OH is 1. The Bertz CT molecular complexity index is 516. The van der Waals surface area contributed by atoms with Gasteiger partial charge in [-0.05, 0) is 25.2 Å². The second kappa shape index (κ2) is 6.74. The van der Waals surface area contributed by atoms with Gasteiger partial charge in [0, 0.05) is 13.1 Å². The lowest BCUT2D eigenvalue weighted by Crippen LogP contribution is -2.28. The first-order valence-electron chi connectivity index (χ1n) is 5.86. The molecule has 0 bridgehead atoms. The zero-order valence-corrected chi connectivity index (χ0v) is 12.0. The lowest BCUT2D eigenvalue weighted by atomic mass is 10.3. The largest absolute Gasteiger partial charge is 0.495 e. The number of nitrogens with two attached hydrogens (primary N) is 1. The van der Waals surface area contributed by atoms with E-state index in [1.54, 1.807) is 18.0 Å². The maximum Gasteiger partial charge on any atom is 0.179 e. The number of methoxy groups -OCH3 is 1. The third kappa shape index (κ3) is 4.38. The van der Waals surface area contributed by atoms with Crippen LogP contribution in [0.4, 0.5) is 5.69 Å². The Morgan fingerprint density at radius 2 is 2.05 bits per heavy atom. The molecule has 0 fully saturated rings. The zero-order valence-electron chi connectivity index (χ0n) is 11.2. The maximum atomic E-state index is 12.1. The minimum atomic E-state index is -3.38. The highest BCUT2D eigenvalue weighted by Crippen LogP contribution is 2.24. The summed E-state index contributed by atoms with van der Waals surface area (Å²) < 4.78 is 29.2. The van der Waals surface area contributed by atoms with E-state index in [-0.39, 0.29) is 17.3 Å². The molecule has 0 amide bonds. The molecule has 1 rings (SSSR count). The molecule has 19 heavy (non-hydrogen) atoms. The molecule has 0 saturated heterocycles. The van der Waals surface area contributed by atoms with Gasteiger partial charge in [-0.1, -0.05) is 0 Å². The molecule has 0 spiro atoms. The predicted molar refractivity (Wildman–Crippen MR) is 74.0 cm³/mol. The summed E-state index contributed by atoms with van der Waals surface area (Å²) in [5.41, 5.74) is 6.00. The topological polar surface area (TPSA) is 92.9 Å². The molecule has 3 N–H and O–H groups in total. The molecule has 0 aliphatic carbocycles. The number of ether oxygens (including phenoxy) is 1. The number of nitrogens with zero attached hydrogens (tertiary/aromatic N) is 1. The fraction of sp³-hybridized carbons (Fsp3) is 0.500. The summed E-state index contributed by atoms with van der Waals surface area (Å²) >= 11 is 0. The number of anilines is 1. The van der Waals surface area contributed by atoms with Crippen LogP contribution in [-0.4, -0.2) is 58.0 Å². The molecule has 6 nitrogen and oxygen atoms in total. The van der Waals surface area contributed by atoms with Crippen molar-refractivity contribution >= 4 is 15.5 Å².